The fourth-order valence-corrected chi connectivity index (χ4v) is 2.82. The van der Waals surface area contributed by atoms with Gasteiger partial charge in [0.2, 0.25) is 0 Å². The van der Waals surface area contributed by atoms with Crippen LogP contribution >= 0.6 is 0 Å². The molecular formula is C14H24. The molecule has 0 fully saturated rings. The van der Waals surface area contributed by atoms with Gasteiger partial charge in [0.25, 0.3) is 0 Å². The molecule has 2 rings (SSSR count). The normalized spacial score (nSPS) is 36.5. The second kappa shape index (κ2) is 5.38. The Morgan fingerprint density at radius 2 is 1.86 bits per heavy atom. The molecule has 0 amide bonds. The Labute approximate surface area is 89.1 Å². The Balaban J connectivity index is 0.000000980. The summed E-state index contributed by atoms with van der Waals surface area (Å²) in [6.45, 7) is 2.39. The molecule has 14 heavy (non-hydrogen) atoms. The monoisotopic (exact) mass is 192 g/mol. The number of rotatable bonds is 0. The molecule has 0 spiro atoms. The topological polar surface area (TPSA) is 0 Å². The van der Waals surface area contributed by atoms with Crippen molar-refractivity contribution < 1.29 is 0 Å². The van der Waals surface area contributed by atoms with Crippen molar-refractivity contribution in [1.82, 2.24) is 0 Å². The molecule has 0 heterocycles. The maximum absolute atomic E-state index is 2.44. The molecule has 0 nitrogen and oxygen atoms in total. The van der Waals surface area contributed by atoms with Crippen molar-refractivity contribution in [3.63, 3.8) is 0 Å². The maximum Gasteiger partial charge on any atom is -0.0228 e. The Morgan fingerprint density at radius 3 is 2.71 bits per heavy atom. The van der Waals surface area contributed by atoms with Crippen LogP contribution in [0.25, 0.3) is 0 Å². The third-order valence-corrected chi connectivity index (χ3v) is 3.68. The summed E-state index contributed by atoms with van der Waals surface area (Å²) in [5, 5.41) is 0. The highest BCUT2D eigenvalue weighted by molar-refractivity contribution is 5.01. The van der Waals surface area contributed by atoms with E-state index in [2.05, 4.69) is 31.2 Å². The van der Waals surface area contributed by atoms with Gasteiger partial charge < -0.3 is 0 Å². The lowest BCUT2D eigenvalue weighted by Gasteiger charge is -2.33. The van der Waals surface area contributed by atoms with Crippen molar-refractivity contribution in [1.29, 1.82) is 0 Å². The molecule has 0 aromatic rings. The SMILES string of the molecule is C.CC1C=CCCCC2CC=CCC12. The van der Waals surface area contributed by atoms with E-state index in [1.807, 2.05) is 0 Å². The minimum atomic E-state index is 0. The minimum Gasteiger partial charge on any atom is -0.0883 e. The largest absolute Gasteiger partial charge is 0.0883 e. The molecule has 0 aliphatic heterocycles. The Hall–Kier alpha value is -0.520. The van der Waals surface area contributed by atoms with Gasteiger partial charge in [-0.3, -0.25) is 0 Å². The molecule has 0 radical (unpaired) electrons. The molecule has 2 aliphatic carbocycles. The summed E-state index contributed by atoms with van der Waals surface area (Å²) in [6, 6.07) is 0. The predicted molar refractivity (Wildman–Crippen MR) is 64.2 cm³/mol. The van der Waals surface area contributed by atoms with Crippen LogP contribution in [-0.4, -0.2) is 0 Å². The van der Waals surface area contributed by atoms with E-state index in [0.717, 1.165) is 17.8 Å². The molecule has 0 saturated heterocycles. The van der Waals surface area contributed by atoms with Crippen molar-refractivity contribution in [3.8, 4) is 0 Å². The second-order valence-electron chi connectivity index (χ2n) is 4.58. The van der Waals surface area contributed by atoms with Crippen LogP contribution in [0.2, 0.25) is 0 Å². The van der Waals surface area contributed by atoms with E-state index in [4.69, 9.17) is 0 Å². The smallest absolute Gasteiger partial charge is 0.0228 e. The van der Waals surface area contributed by atoms with Crippen LogP contribution in [0.15, 0.2) is 24.3 Å². The van der Waals surface area contributed by atoms with Crippen molar-refractivity contribution in [2.45, 2.75) is 46.5 Å². The molecule has 3 unspecified atom stereocenters. The quantitative estimate of drug-likeness (QED) is 0.493. The molecule has 80 valence electrons. The number of allylic oxidation sites excluding steroid dienone is 4. The van der Waals surface area contributed by atoms with Crippen LogP contribution in [0.4, 0.5) is 0 Å². The van der Waals surface area contributed by atoms with Crippen LogP contribution in [-0.2, 0) is 0 Å². The van der Waals surface area contributed by atoms with Gasteiger partial charge in [-0.1, -0.05) is 38.7 Å². The average molecular weight is 192 g/mol. The molecular weight excluding hydrogens is 168 g/mol. The Kier molecular flexibility index (Phi) is 4.44. The van der Waals surface area contributed by atoms with Crippen molar-refractivity contribution in [3.05, 3.63) is 24.3 Å². The lowest BCUT2D eigenvalue weighted by Crippen LogP contribution is -2.23. The van der Waals surface area contributed by atoms with E-state index in [9.17, 15) is 0 Å². The minimum absolute atomic E-state index is 0. The average Bonchev–Trinajstić information content (AvgIpc) is 2.14. The summed E-state index contributed by atoms with van der Waals surface area (Å²) < 4.78 is 0. The number of hydrogen-bond donors (Lipinski definition) is 0. The fraction of sp³-hybridized carbons (Fsp3) is 0.714. The first kappa shape index (κ1) is 11.6. The zero-order valence-corrected chi connectivity index (χ0v) is 8.58. The Bertz CT molecular complexity index is 212. The zero-order chi connectivity index (χ0) is 9.10. The van der Waals surface area contributed by atoms with E-state index in [1.54, 1.807) is 0 Å². The van der Waals surface area contributed by atoms with Crippen molar-refractivity contribution >= 4 is 0 Å². The van der Waals surface area contributed by atoms with Gasteiger partial charge in [-0.25, -0.2) is 0 Å². The summed E-state index contributed by atoms with van der Waals surface area (Å²) in [7, 11) is 0. The summed E-state index contributed by atoms with van der Waals surface area (Å²) in [5.41, 5.74) is 0. The van der Waals surface area contributed by atoms with Gasteiger partial charge in [0, 0.05) is 0 Å². The molecule has 2 aliphatic rings. The van der Waals surface area contributed by atoms with Crippen LogP contribution < -0.4 is 0 Å². The van der Waals surface area contributed by atoms with E-state index in [1.165, 1.54) is 32.1 Å². The molecule has 0 heteroatoms. The van der Waals surface area contributed by atoms with Gasteiger partial charge in [0.05, 0.1) is 0 Å². The molecule has 3 atom stereocenters. The highest BCUT2D eigenvalue weighted by Crippen LogP contribution is 2.36. The Morgan fingerprint density at radius 1 is 1.07 bits per heavy atom. The van der Waals surface area contributed by atoms with E-state index >= 15 is 0 Å². The molecule has 0 aromatic carbocycles. The molecule has 0 N–H and O–H groups in total. The second-order valence-corrected chi connectivity index (χ2v) is 4.58. The molecule has 0 aromatic heterocycles. The van der Waals surface area contributed by atoms with Gasteiger partial charge in [0.1, 0.15) is 0 Å². The standard InChI is InChI=1S/C13H20.CH4/c1-11-7-3-2-4-8-12-9-5-6-10-13(11)12;/h3,5-7,11-13H,2,4,8-10H2,1H3;1H4. The predicted octanol–water partition coefficient (Wildman–Crippen LogP) is 4.58. The van der Waals surface area contributed by atoms with Crippen LogP contribution in [0.5, 0.6) is 0 Å². The van der Waals surface area contributed by atoms with Crippen LogP contribution in [0.3, 0.4) is 0 Å². The third kappa shape index (κ3) is 2.50. The van der Waals surface area contributed by atoms with E-state index < -0.39 is 0 Å². The van der Waals surface area contributed by atoms with Gasteiger partial charge in [0.15, 0.2) is 0 Å². The van der Waals surface area contributed by atoms with Gasteiger partial charge >= 0.3 is 0 Å². The van der Waals surface area contributed by atoms with Crippen molar-refractivity contribution in [2.75, 3.05) is 0 Å². The lowest BCUT2D eigenvalue weighted by atomic mass is 9.72. The van der Waals surface area contributed by atoms with Gasteiger partial charge in [-0.15, -0.1) is 0 Å². The maximum atomic E-state index is 2.44. The third-order valence-electron chi connectivity index (χ3n) is 3.68. The molecule has 0 saturated carbocycles. The van der Waals surface area contributed by atoms with Gasteiger partial charge in [-0.05, 0) is 49.9 Å². The fourth-order valence-electron chi connectivity index (χ4n) is 2.82. The highest BCUT2D eigenvalue weighted by Gasteiger charge is 2.26. The number of hydrogen-bond acceptors (Lipinski definition) is 0. The lowest BCUT2D eigenvalue weighted by molar-refractivity contribution is 0.243. The van der Waals surface area contributed by atoms with E-state index in [0.29, 0.717) is 0 Å². The first-order valence-electron chi connectivity index (χ1n) is 5.69. The van der Waals surface area contributed by atoms with E-state index in [-0.39, 0.29) is 7.43 Å². The summed E-state index contributed by atoms with van der Waals surface area (Å²) >= 11 is 0. The van der Waals surface area contributed by atoms with Crippen LogP contribution in [0, 0.1) is 17.8 Å². The van der Waals surface area contributed by atoms with Crippen LogP contribution in [0.1, 0.15) is 46.5 Å². The summed E-state index contributed by atoms with van der Waals surface area (Å²) in [5.74, 6) is 2.71. The highest BCUT2D eigenvalue weighted by atomic mass is 14.3. The summed E-state index contributed by atoms with van der Waals surface area (Å²) in [6.07, 6.45) is 16.4. The van der Waals surface area contributed by atoms with Crippen molar-refractivity contribution in [2.24, 2.45) is 17.8 Å². The van der Waals surface area contributed by atoms with Gasteiger partial charge in [-0.2, -0.15) is 0 Å². The molecule has 0 bridgehead atoms. The number of fused-ring (bicyclic) bond motifs is 1. The zero-order valence-electron chi connectivity index (χ0n) is 8.58. The first-order chi connectivity index (χ1) is 6.38. The first-order valence-corrected chi connectivity index (χ1v) is 5.69. The summed E-state index contributed by atoms with van der Waals surface area (Å²) in [4.78, 5) is 0.